The van der Waals surface area contributed by atoms with Gasteiger partial charge in [0.05, 0.1) is 12.2 Å². The molecule has 11 nitrogen and oxygen atoms in total. The molecule has 1 aromatic heterocycles. The average Bonchev–Trinajstić information content (AvgIpc) is 3.39. The number of likely N-dealkylation sites (N-methyl/N-ethyl adjacent to an activating group) is 1. The normalized spacial score (nSPS) is 20.2. The molecule has 1 unspecified atom stereocenters. The van der Waals surface area contributed by atoms with E-state index >= 15 is 0 Å². The quantitative estimate of drug-likeness (QED) is 0.374. The SMILES string of the molecule is CN(Cc1ccncc1)C1COC2(CCN(CC3CCOCC3)CC2)C1.O=C(O)C(F)(F)F.O=C(O)C(F)(F)F.O=C(O)C(F)(F)F. The van der Waals surface area contributed by atoms with Crippen LogP contribution in [0.5, 0.6) is 0 Å². The molecule has 20 heteroatoms. The molecule has 1 aromatic rings. The Hall–Kier alpha value is -3.23. The maximum Gasteiger partial charge on any atom is 0.490 e. The molecule has 0 bridgehead atoms. The second-order valence-electron chi connectivity index (χ2n) is 10.9. The van der Waals surface area contributed by atoms with E-state index in [0.717, 1.165) is 32.3 Å². The van der Waals surface area contributed by atoms with E-state index in [1.807, 2.05) is 12.4 Å². The molecule has 0 saturated carbocycles. The number of rotatable bonds is 5. The first-order valence-electron chi connectivity index (χ1n) is 14.0. The van der Waals surface area contributed by atoms with Gasteiger partial charge in [0.25, 0.3) is 0 Å². The van der Waals surface area contributed by atoms with Crippen LogP contribution in [0.1, 0.15) is 37.7 Å². The van der Waals surface area contributed by atoms with Gasteiger partial charge in [-0.3, -0.25) is 9.88 Å². The Bertz CT molecular complexity index is 1050. The van der Waals surface area contributed by atoms with Crippen molar-refractivity contribution in [3.8, 4) is 0 Å². The van der Waals surface area contributed by atoms with Gasteiger partial charge in [-0.15, -0.1) is 0 Å². The van der Waals surface area contributed by atoms with Crippen molar-refractivity contribution >= 4 is 17.9 Å². The maximum absolute atomic E-state index is 10.6. The number of carboxylic acid groups (broad SMARTS) is 3. The number of likely N-dealkylation sites (tertiary alicyclic amines) is 1. The second kappa shape index (κ2) is 18.3. The fourth-order valence-corrected chi connectivity index (χ4v) is 4.79. The van der Waals surface area contributed by atoms with Crippen LogP contribution in [0.15, 0.2) is 24.5 Å². The number of halogens is 9. The lowest BCUT2D eigenvalue weighted by atomic mass is 9.86. The van der Waals surface area contributed by atoms with Gasteiger partial charge in [0.15, 0.2) is 0 Å². The van der Waals surface area contributed by atoms with Gasteiger partial charge in [0, 0.05) is 57.8 Å². The van der Waals surface area contributed by atoms with Crippen molar-refractivity contribution in [1.29, 1.82) is 0 Å². The summed E-state index contributed by atoms with van der Waals surface area (Å²) in [6.45, 7) is 7.40. The highest BCUT2D eigenvalue weighted by Gasteiger charge is 2.44. The van der Waals surface area contributed by atoms with Gasteiger partial charge in [-0.2, -0.15) is 39.5 Å². The Labute approximate surface area is 263 Å². The third kappa shape index (κ3) is 16.4. The molecule has 0 aromatic carbocycles. The van der Waals surface area contributed by atoms with Gasteiger partial charge in [0.1, 0.15) is 0 Å². The smallest absolute Gasteiger partial charge is 0.475 e. The number of hydrogen-bond donors (Lipinski definition) is 3. The zero-order valence-electron chi connectivity index (χ0n) is 25.1. The minimum absolute atomic E-state index is 0.128. The van der Waals surface area contributed by atoms with Crippen LogP contribution < -0.4 is 0 Å². The number of pyridine rings is 1. The van der Waals surface area contributed by atoms with Crippen LogP contribution in [-0.2, 0) is 30.4 Å². The van der Waals surface area contributed by atoms with E-state index < -0.39 is 36.4 Å². The summed E-state index contributed by atoms with van der Waals surface area (Å²) in [5.74, 6) is -7.44. The highest BCUT2D eigenvalue weighted by molar-refractivity contribution is 5.73. The zero-order chi connectivity index (χ0) is 36.1. The monoisotopic (exact) mass is 701 g/mol. The summed E-state index contributed by atoms with van der Waals surface area (Å²) in [7, 11) is 2.23. The van der Waals surface area contributed by atoms with Crippen LogP contribution in [0.25, 0.3) is 0 Å². The molecule has 3 aliphatic rings. The Morgan fingerprint density at radius 3 is 1.70 bits per heavy atom. The van der Waals surface area contributed by atoms with E-state index in [9.17, 15) is 39.5 Å². The number of carbonyl (C=O) groups is 3. The summed E-state index contributed by atoms with van der Waals surface area (Å²) >= 11 is 0. The molecule has 0 aliphatic carbocycles. The molecule has 47 heavy (non-hydrogen) atoms. The van der Waals surface area contributed by atoms with Crippen LogP contribution in [0.3, 0.4) is 0 Å². The third-order valence-corrected chi connectivity index (χ3v) is 7.35. The second-order valence-corrected chi connectivity index (χ2v) is 10.9. The lowest BCUT2D eigenvalue weighted by Gasteiger charge is -2.40. The lowest BCUT2D eigenvalue weighted by Crippen LogP contribution is -2.46. The molecule has 4 rings (SSSR count). The molecule has 4 heterocycles. The summed E-state index contributed by atoms with van der Waals surface area (Å²) in [5.41, 5.74) is 1.46. The topological polar surface area (TPSA) is 150 Å². The predicted molar refractivity (Wildman–Crippen MR) is 143 cm³/mol. The molecular formula is C27H36F9N3O8. The molecular weight excluding hydrogens is 665 g/mol. The molecule has 1 atom stereocenters. The van der Waals surface area contributed by atoms with Crippen molar-refractivity contribution in [3.05, 3.63) is 30.1 Å². The van der Waals surface area contributed by atoms with E-state index in [0.29, 0.717) is 6.04 Å². The summed E-state index contributed by atoms with van der Waals surface area (Å²) in [6, 6.07) is 4.75. The number of hydrogen-bond acceptors (Lipinski definition) is 8. The number of aromatic nitrogens is 1. The largest absolute Gasteiger partial charge is 0.490 e. The first-order chi connectivity index (χ1) is 21.6. The summed E-state index contributed by atoms with van der Waals surface area (Å²) < 4.78 is 107. The van der Waals surface area contributed by atoms with Crippen molar-refractivity contribution in [3.63, 3.8) is 0 Å². The fourth-order valence-electron chi connectivity index (χ4n) is 4.79. The number of alkyl halides is 9. The molecule has 3 saturated heterocycles. The van der Waals surface area contributed by atoms with Gasteiger partial charge in [0.2, 0.25) is 0 Å². The van der Waals surface area contributed by atoms with Crippen molar-refractivity contribution in [1.82, 2.24) is 14.8 Å². The Morgan fingerprint density at radius 2 is 1.30 bits per heavy atom. The summed E-state index contributed by atoms with van der Waals surface area (Å²) in [4.78, 5) is 35.9. The van der Waals surface area contributed by atoms with E-state index in [1.165, 1.54) is 57.3 Å². The van der Waals surface area contributed by atoms with Crippen molar-refractivity contribution < 1.29 is 78.7 Å². The molecule has 270 valence electrons. The van der Waals surface area contributed by atoms with E-state index in [4.69, 9.17) is 39.2 Å². The molecule has 1 spiro atoms. The first kappa shape index (κ1) is 41.8. The van der Waals surface area contributed by atoms with Gasteiger partial charge < -0.3 is 29.7 Å². The fraction of sp³-hybridized carbons (Fsp3) is 0.704. The number of aliphatic carboxylic acids is 3. The molecule has 3 N–H and O–H groups in total. The van der Waals surface area contributed by atoms with Gasteiger partial charge in [-0.1, -0.05) is 0 Å². The van der Waals surface area contributed by atoms with Crippen LogP contribution in [-0.4, -0.2) is 125 Å². The first-order valence-corrected chi connectivity index (χ1v) is 14.0. The highest BCUT2D eigenvalue weighted by Crippen LogP contribution is 2.38. The number of piperidine rings is 1. The minimum atomic E-state index is -5.08. The highest BCUT2D eigenvalue weighted by atomic mass is 19.4. The number of ether oxygens (including phenoxy) is 2. The van der Waals surface area contributed by atoms with Crippen molar-refractivity contribution in [2.24, 2.45) is 5.92 Å². The Morgan fingerprint density at radius 1 is 0.872 bits per heavy atom. The summed E-state index contributed by atoms with van der Waals surface area (Å²) in [6.07, 6.45) is -5.46. The lowest BCUT2D eigenvalue weighted by molar-refractivity contribution is -0.193. The molecule has 0 radical (unpaired) electrons. The Kier molecular flexibility index (Phi) is 16.3. The van der Waals surface area contributed by atoms with Gasteiger partial charge in [-0.25, -0.2) is 14.4 Å². The third-order valence-electron chi connectivity index (χ3n) is 7.35. The minimum Gasteiger partial charge on any atom is -0.475 e. The van der Waals surface area contributed by atoms with E-state index in [2.05, 4.69) is 34.0 Å². The maximum atomic E-state index is 10.6. The molecule has 3 aliphatic heterocycles. The standard InChI is InChI=1S/C21H33N3O2.3C2HF3O2/c1-23(15-18-2-8-22-9-3-18)20-14-21(26-17-20)6-10-24(11-7-21)16-19-4-12-25-13-5-19;3*3-2(4,5)1(6)7/h2-3,8-9,19-20H,4-7,10-17H2,1H3;3*(H,6,7). The van der Waals surface area contributed by atoms with Gasteiger partial charge in [-0.05, 0) is 62.8 Å². The van der Waals surface area contributed by atoms with E-state index in [1.54, 1.807) is 0 Å². The average molecular weight is 702 g/mol. The van der Waals surface area contributed by atoms with Crippen LogP contribution in [0, 0.1) is 5.92 Å². The van der Waals surface area contributed by atoms with Crippen LogP contribution in [0.4, 0.5) is 39.5 Å². The van der Waals surface area contributed by atoms with Gasteiger partial charge >= 0.3 is 36.4 Å². The summed E-state index contributed by atoms with van der Waals surface area (Å²) in [5, 5.41) is 21.4. The van der Waals surface area contributed by atoms with Crippen LogP contribution in [0.2, 0.25) is 0 Å². The van der Waals surface area contributed by atoms with Crippen LogP contribution >= 0.6 is 0 Å². The zero-order valence-corrected chi connectivity index (χ0v) is 25.1. The molecule has 3 fully saturated rings. The number of nitrogens with zero attached hydrogens (tertiary/aromatic N) is 3. The number of carboxylic acids is 3. The van der Waals surface area contributed by atoms with Crippen molar-refractivity contribution in [2.75, 3.05) is 46.5 Å². The van der Waals surface area contributed by atoms with E-state index in [-0.39, 0.29) is 5.60 Å². The Balaban J connectivity index is 0.000000430. The molecule has 0 amide bonds. The van der Waals surface area contributed by atoms with Crippen molar-refractivity contribution in [2.45, 2.75) is 68.8 Å². The predicted octanol–water partition coefficient (Wildman–Crippen LogP) is 4.46.